The molecule has 1 saturated heterocycles. The Labute approximate surface area is 163 Å². The SMILES string of the molecule is COc1cccc(C#N)c1C(C)=C1NC(=O)C(C)(Cc2ccccc2)NC1=O. The van der Waals surface area contributed by atoms with Gasteiger partial charge in [-0.25, -0.2) is 0 Å². The van der Waals surface area contributed by atoms with Crippen molar-refractivity contribution >= 4 is 17.4 Å². The van der Waals surface area contributed by atoms with Crippen LogP contribution >= 0.6 is 0 Å². The predicted molar refractivity (Wildman–Crippen MR) is 105 cm³/mol. The molecule has 2 aromatic carbocycles. The second-order valence-corrected chi connectivity index (χ2v) is 6.90. The summed E-state index contributed by atoms with van der Waals surface area (Å²) in [7, 11) is 1.49. The summed E-state index contributed by atoms with van der Waals surface area (Å²) >= 11 is 0. The van der Waals surface area contributed by atoms with Gasteiger partial charge in [-0.2, -0.15) is 5.26 Å². The Hall–Kier alpha value is -3.59. The normalized spacial score (nSPS) is 20.6. The van der Waals surface area contributed by atoms with Gasteiger partial charge in [-0.3, -0.25) is 9.59 Å². The highest BCUT2D eigenvalue weighted by atomic mass is 16.5. The fourth-order valence-electron chi connectivity index (χ4n) is 3.38. The van der Waals surface area contributed by atoms with E-state index in [2.05, 4.69) is 16.7 Å². The predicted octanol–water partition coefficient (Wildman–Crippen LogP) is 2.55. The minimum Gasteiger partial charge on any atom is -0.496 e. The van der Waals surface area contributed by atoms with E-state index < -0.39 is 11.4 Å². The lowest BCUT2D eigenvalue weighted by Gasteiger charge is -2.35. The van der Waals surface area contributed by atoms with Crippen molar-refractivity contribution in [2.24, 2.45) is 0 Å². The molecule has 1 fully saturated rings. The fraction of sp³-hybridized carbons (Fsp3) is 0.227. The van der Waals surface area contributed by atoms with Crippen LogP contribution in [0.3, 0.4) is 0 Å². The number of amides is 2. The summed E-state index contributed by atoms with van der Waals surface area (Å²) in [4.78, 5) is 25.7. The van der Waals surface area contributed by atoms with E-state index in [9.17, 15) is 14.9 Å². The third kappa shape index (κ3) is 3.47. The molecule has 0 spiro atoms. The molecule has 28 heavy (non-hydrogen) atoms. The number of hydrogen-bond acceptors (Lipinski definition) is 4. The molecule has 6 nitrogen and oxygen atoms in total. The monoisotopic (exact) mass is 375 g/mol. The van der Waals surface area contributed by atoms with Crippen LogP contribution in [-0.2, 0) is 16.0 Å². The Bertz CT molecular complexity index is 1010. The van der Waals surface area contributed by atoms with E-state index >= 15 is 0 Å². The summed E-state index contributed by atoms with van der Waals surface area (Å²) in [5, 5.41) is 15.0. The maximum atomic E-state index is 12.9. The van der Waals surface area contributed by atoms with Crippen molar-refractivity contribution in [2.45, 2.75) is 25.8 Å². The molecule has 3 rings (SSSR count). The Balaban J connectivity index is 1.98. The molecule has 1 unspecified atom stereocenters. The molecule has 1 aliphatic heterocycles. The van der Waals surface area contributed by atoms with Crippen LogP contribution in [0.25, 0.3) is 5.57 Å². The Kier molecular flexibility index (Phi) is 5.18. The second-order valence-electron chi connectivity index (χ2n) is 6.90. The Morgan fingerprint density at radius 3 is 2.50 bits per heavy atom. The molecular weight excluding hydrogens is 354 g/mol. The minimum atomic E-state index is -1.07. The van der Waals surface area contributed by atoms with Crippen molar-refractivity contribution in [1.29, 1.82) is 5.26 Å². The van der Waals surface area contributed by atoms with Gasteiger partial charge in [0.05, 0.1) is 18.7 Å². The first-order valence-electron chi connectivity index (χ1n) is 8.86. The number of methoxy groups -OCH3 is 1. The lowest BCUT2D eigenvalue weighted by atomic mass is 9.88. The highest BCUT2D eigenvalue weighted by Crippen LogP contribution is 2.32. The number of nitrogens with zero attached hydrogens (tertiary/aromatic N) is 1. The minimum absolute atomic E-state index is 0.122. The van der Waals surface area contributed by atoms with Gasteiger partial charge in [0.2, 0.25) is 5.91 Å². The van der Waals surface area contributed by atoms with Gasteiger partial charge >= 0.3 is 0 Å². The van der Waals surface area contributed by atoms with Crippen LogP contribution in [0.15, 0.2) is 54.2 Å². The average Bonchev–Trinajstić information content (AvgIpc) is 2.70. The zero-order valence-electron chi connectivity index (χ0n) is 16.0. The molecule has 142 valence electrons. The first-order chi connectivity index (χ1) is 13.4. The summed E-state index contributed by atoms with van der Waals surface area (Å²) in [5.74, 6) is -0.243. The number of carbonyl (C=O) groups is 2. The largest absolute Gasteiger partial charge is 0.496 e. The quantitative estimate of drug-likeness (QED) is 0.804. The van der Waals surface area contributed by atoms with Crippen molar-refractivity contribution in [3.63, 3.8) is 0 Å². The number of nitrogens with one attached hydrogen (secondary N) is 2. The summed E-state index contributed by atoms with van der Waals surface area (Å²) in [6, 6.07) is 16.7. The van der Waals surface area contributed by atoms with Gasteiger partial charge in [-0.1, -0.05) is 36.4 Å². The van der Waals surface area contributed by atoms with E-state index in [1.807, 2.05) is 30.3 Å². The van der Waals surface area contributed by atoms with Gasteiger partial charge in [-0.15, -0.1) is 0 Å². The first kappa shape index (κ1) is 19.2. The molecular formula is C22H21N3O3. The number of benzene rings is 2. The molecule has 0 aliphatic carbocycles. The highest BCUT2D eigenvalue weighted by molar-refractivity contribution is 6.11. The van der Waals surface area contributed by atoms with E-state index in [1.54, 1.807) is 32.0 Å². The number of hydrogen-bond donors (Lipinski definition) is 2. The summed E-state index contributed by atoms with van der Waals surface area (Å²) in [5.41, 5.74) is 1.33. The highest BCUT2D eigenvalue weighted by Gasteiger charge is 2.41. The maximum absolute atomic E-state index is 12.9. The van der Waals surface area contributed by atoms with Gasteiger partial charge in [0, 0.05) is 12.0 Å². The zero-order valence-corrected chi connectivity index (χ0v) is 16.0. The molecule has 0 aromatic heterocycles. The lowest BCUT2D eigenvalue weighted by Crippen LogP contribution is -2.64. The number of rotatable bonds is 4. The molecule has 2 N–H and O–H groups in total. The summed E-state index contributed by atoms with van der Waals surface area (Å²) < 4.78 is 5.35. The second kappa shape index (κ2) is 7.57. The van der Waals surface area contributed by atoms with Crippen LogP contribution in [0.4, 0.5) is 0 Å². The van der Waals surface area contributed by atoms with E-state index in [4.69, 9.17) is 4.74 Å². The van der Waals surface area contributed by atoms with Crippen LogP contribution in [-0.4, -0.2) is 24.5 Å². The van der Waals surface area contributed by atoms with E-state index in [-0.39, 0.29) is 11.6 Å². The van der Waals surface area contributed by atoms with Crippen molar-refractivity contribution in [3.8, 4) is 11.8 Å². The van der Waals surface area contributed by atoms with E-state index in [0.29, 0.717) is 28.9 Å². The van der Waals surface area contributed by atoms with Crippen molar-refractivity contribution in [3.05, 3.63) is 70.9 Å². The first-order valence-corrected chi connectivity index (χ1v) is 8.86. The number of piperazine rings is 1. The number of carbonyl (C=O) groups excluding carboxylic acids is 2. The van der Waals surface area contributed by atoms with Crippen LogP contribution < -0.4 is 15.4 Å². The van der Waals surface area contributed by atoms with E-state index in [0.717, 1.165) is 5.56 Å². The van der Waals surface area contributed by atoms with E-state index in [1.165, 1.54) is 7.11 Å². The molecule has 2 amide bonds. The number of nitriles is 1. The lowest BCUT2D eigenvalue weighted by molar-refractivity contribution is -0.135. The molecule has 0 saturated carbocycles. The van der Waals surface area contributed by atoms with Crippen LogP contribution in [0, 0.1) is 11.3 Å². The molecule has 2 aromatic rings. The zero-order chi connectivity index (χ0) is 20.3. The average molecular weight is 375 g/mol. The maximum Gasteiger partial charge on any atom is 0.268 e. The van der Waals surface area contributed by atoms with Gasteiger partial charge < -0.3 is 15.4 Å². The molecule has 1 heterocycles. The van der Waals surface area contributed by atoms with Gasteiger partial charge in [0.25, 0.3) is 5.91 Å². The number of allylic oxidation sites excluding steroid dienone is 1. The molecule has 6 heteroatoms. The van der Waals surface area contributed by atoms with Crippen molar-refractivity contribution in [2.75, 3.05) is 7.11 Å². The fourth-order valence-corrected chi connectivity index (χ4v) is 3.38. The Morgan fingerprint density at radius 1 is 1.14 bits per heavy atom. The summed E-state index contributed by atoms with van der Waals surface area (Å²) in [6.45, 7) is 3.39. The molecule has 1 atom stereocenters. The van der Waals surface area contributed by atoms with Crippen LogP contribution in [0.1, 0.15) is 30.5 Å². The summed E-state index contributed by atoms with van der Waals surface area (Å²) in [6.07, 6.45) is 0.371. The molecule has 0 radical (unpaired) electrons. The van der Waals surface area contributed by atoms with Crippen molar-refractivity contribution < 1.29 is 14.3 Å². The molecule has 1 aliphatic rings. The van der Waals surface area contributed by atoms with Gasteiger partial charge in [0.15, 0.2) is 0 Å². The van der Waals surface area contributed by atoms with Crippen LogP contribution in [0.5, 0.6) is 5.75 Å². The third-order valence-corrected chi connectivity index (χ3v) is 4.87. The topological polar surface area (TPSA) is 91.2 Å². The van der Waals surface area contributed by atoms with Gasteiger partial charge in [0.1, 0.15) is 17.0 Å². The Morgan fingerprint density at radius 2 is 1.86 bits per heavy atom. The van der Waals surface area contributed by atoms with Crippen LogP contribution in [0.2, 0.25) is 0 Å². The standard InChI is InChI=1S/C22H21N3O3/c1-14(18-16(13-23)10-7-11-17(18)28-3)19-20(26)25-22(2,21(27)24-19)12-15-8-5-4-6-9-15/h4-11H,12H2,1-3H3,(H,24,27)(H,25,26). The number of ether oxygens (including phenoxy) is 1. The molecule has 0 bridgehead atoms. The smallest absolute Gasteiger partial charge is 0.268 e. The van der Waals surface area contributed by atoms with Gasteiger partial charge in [-0.05, 0) is 37.1 Å². The third-order valence-electron chi connectivity index (χ3n) is 4.87. The van der Waals surface area contributed by atoms with Crippen molar-refractivity contribution in [1.82, 2.24) is 10.6 Å².